The van der Waals surface area contributed by atoms with E-state index in [0.717, 1.165) is 22.0 Å². The van der Waals surface area contributed by atoms with E-state index in [1.54, 1.807) is 39.0 Å². The number of hydrogen-bond acceptors (Lipinski definition) is 4. The van der Waals surface area contributed by atoms with Gasteiger partial charge in [-0.05, 0) is 62.6 Å². The molecule has 0 spiro atoms. The molecular formula is C25H27ClN4O4. The highest BCUT2D eigenvalue weighted by molar-refractivity contribution is 6.31. The van der Waals surface area contributed by atoms with Crippen LogP contribution in [0, 0.1) is 0 Å². The highest BCUT2D eigenvalue weighted by Crippen LogP contribution is 2.31. The van der Waals surface area contributed by atoms with Crippen molar-refractivity contribution in [3.63, 3.8) is 0 Å². The number of nitrogens with one attached hydrogen (secondary N) is 4. The quantitative estimate of drug-likeness (QED) is 0.442. The number of carbonyl (C=O) groups excluding carboxylic acids is 3. The second kappa shape index (κ2) is 9.38. The second-order valence-electron chi connectivity index (χ2n) is 9.30. The molecule has 1 unspecified atom stereocenters. The Kier molecular flexibility index (Phi) is 6.52. The minimum atomic E-state index is -0.668. The number of ether oxygens (including phenoxy) is 1. The molecule has 1 heterocycles. The number of alkyl carbamates (subject to hydrolysis) is 1. The average molecular weight is 483 g/mol. The van der Waals surface area contributed by atoms with Gasteiger partial charge in [-0.1, -0.05) is 35.9 Å². The van der Waals surface area contributed by atoms with Gasteiger partial charge in [0.25, 0.3) is 5.91 Å². The third-order valence-corrected chi connectivity index (χ3v) is 5.72. The summed E-state index contributed by atoms with van der Waals surface area (Å²) in [4.78, 5) is 40.6. The van der Waals surface area contributed by atoms with Gasteiger partial charge in [0, 0.05) is 15.9 Å². The van der Waals surface area contributed by atoms with E-state index in [1.807, 2.05) is 30.3 Å². The summed E-state index contributed by atoms with van der Waals surface area (Å²) in [6.07, 6.45) is -0.100. The third kappa shape index (κ3) is 5.51. The number of halogens is 1. The third-order valence-electron chi connectivity index (χ3n) is 5.48. The van der Waals surface area contributed by atoms with Gasteiger partial charge in [-0.25, -0.2) is 4.79 Å². The van der Waals surface area contributed by atoms with E-state index in [-0.39, 0.29) is 24.4 Å². The zero-order valence-electron chi connectivity index (χ0n) is 19.2. The molecule has 1 aromatic heterocycles. The summed E-state index contributed by atoms with van der Waals surface area (Å²) in [6.45, 7) is 5.00. The number of aromatic nitrogens is 1. The Balaban J connectivity index is 1.45. The van der Waals surface area contributed by atoms with Crippen molar-refractivity contribution < 1.29 is 19.1 Å². The van der Waals surface area contributed by atoms with Gasteiger partial charge in [0.15, 0.2) is 0 Å². The number of rotatable bonds is 5. The normalized spacial score (nSPS) is 17.2. The van der Waals surface area contributed by atoms with Crippen molar-refractivity contribution in [2.24, 2.45) is 0 Å². The monoisotopic (exact) mass is 482 g/mol. The van der Waals surface area contributed by atoms with E-state index in [9.17, 15) is 14.4 Å². The molecule has 3 aromatic rings. The van der Waals surface area contributed by atoms with E-state index >= 15 is 0 Å². The van der Waals surface area contributed by atoms with Gasteiger partial charge in [0.05, 0.1) is 12.1 Å². The van der Waals surface area contributed by atoms with E-state index in [2.05, 4.69) is 20.9 Å². The number of carbonyl (C=O) groups is 3. The predicted octanol–water partition coefficient (Wildman–Crippen LogP) is 3.86. The lowest BCUT2D eigenvalue weighted by Crippen LogP contribution is -2.47. The van der Waals surface area contributed by atoms with Crippen molar-refractivity contribution >= 4 is 40.4 Å². The number of H-pyrrole nitrogens is 1. The molecule has 0 radical (unpaired) electrons. The largest absolute Gasteiger partial charge is 0.444 e. The number of aromatic amines is 1. The summed E-state index contributed by atoms with van der Waals surface area (Å²) < 4.78 is 5.17. The lowest BCUT2D eigenvalue weighted by atomic mass is 10.1. The van der Waals surface area contributed by atoms with Crippen molar-refractivity contribution in [1.29, 1.82) is 0 Å². The Bertz CT molecular complexity index is 1250. The maximum atomic E-state index is 13.0. The first-order valence-electron chi connectivity index (χ1n) is 11.0. The first-order chi connectivity index (χ1) is 16.1. The zero-order chi connectivity index (χ0) is 24.5. The summed E-state index contributed by atoms with van der Waals surface area (Å²) in [5, 5.41) is 9.87. The topological polar surface area (TPSA) is 112 Å². The Labute approximate surface area is 202 Å². The van der Waals surface area contributed by atoms with Crippen LogP contribution in [0.2, 0.25) is 5.02 Å². The first-order valence-corrected chi connectivity index (χ1v) is 11.4. The van der Waals surface area contributed by atoms with E-state index in [0.29, 0.717) is 17.1 Å². The van der Waals surface area contributed by atoms with Crippen LogP contribution in [0.15, 0.2) is 48.5 Å². The highest BCUT2D eigenvalue weighted by atomic mass is 35.5. The average Bonchev–Trinajstić information content (AvgIpc) is 3.32. The van der Waals surface area contributed by atoms with Crippen molar-refractivity contribution in [2.75, 3.05) is 6.54 Å². The number of benzene rings is 2. The summed E-state index contributed by atoms with van der Waals surface area (Å²) in [5.74, 6) is -0.664. The molecule has 4 rings (SSSR count). The summed E-state index contributed by atoms with van der Waals surface area (Å²) in [6, 6.07) is 14.0. The van der Waals surface area contributed by atoms with E-state index in [4.69, 9.17) is 16.3 Å². The van der Waals surface area contributed by atoms with Crippen molar-refractivity contribution in [3.8, 4) is 0 Å². The lowest BCUT2D eigenvalue weighted by Gasteiger charge is -2.23. The molecule has 4 N–H and O–H groups in total. The van der Waals surface area contributed by atoms with Crippen LogP contribution in [0.5, 0.6) is 0 Å². The van der Waals surface area contributed by atoms with Gasteiger partial charge in [0.2, 0.25) is 5.91 Å². The predicted molar refractivity (Wildman–Crippen MR) is 130 cm³/mol. The van der Waals surface area contributed by atoms with Crippen molar-refractivity contribution in [2.45, 2.75) is 44.9 Å². The van der Waals surface area contributed by atoms with Gasteiger partial charge in [-0.15, -0.1) is 0 Å². The SMILES string of the molecule is CC(C)(C)OC(=O)NCC(=O)N[C@@H]1c2ccccc2CC1NC(=O)c1cc2cc(Cl)ccc2[nH]1. The fourth-order valence-corrected chi connectivity index (χ4v) is 4.25. The van der Waals surface area contributed by atoms with Crippen LogP contribution >= 0.6 is 11.6 Å². The van der Waals surface area contributed by atoms with Crippen LogP contribution in [-0.2, 0) is 16.0 Å². The Morgan fingerprint density at radius 1 is 1.09 bits per heavy atom. The van der Waals surface area contributed by atoms with Crippen LogP contribution in [0.3, 0.4) is 0 Å². The van der Waals surface area contributed by atoms with E-state index in [1.165, 1.54) is 0 Å². The molecule has 2 atom stereocenters. The zero-order valence-corrected chi connectivity index (χ0v) is 20.0. The molecule has 1 aliphatic rings. The van der Waals surface area contributed by atoms with Gasteiger partial charge >= 0.3 is 6.09 Å². The molecule has 0 saturated heterocycles. The highest BCUT2D eigenvalue weighted by Gasteiger charge is 2.35. The maximum absolute atomic E-state index is 13.0. The summed E-state index contributed by atoms with van der Waals surface area (Å²) in [5.41, 5.74) is 2.53. The Morgan fingerprint density at radius 3 is 2.62 bits per heavy atom. The minimum Gasteiger partial charge on any atom is -0.444 e. The van der Waals surface area contributed by atoms with E-state index < -0.39 is 17.7 Å². The van der Waals surface area contributed by atoms with Crippen LogP contribution in [0.1, 0.15) is 48.4 Å². The molecule has 8 nitrogen and oxygen atoms in total. The molecule has 0 fully saturated rings. The minimum absolute atomic E-state index is 0.239. The van der Waals surface area contributed by atoms with Gasteiger partial charge in [-0.3, -0.25) is 9.59 Å². The summed E-state index contributed by atoms with van der Waals surface area (Å²) in [7, 11) is 0. The molecule has 34 heavy (non-hydrogen) atoms. The second-order valence-corrected chi connectivity index (χ2v) is 9.73. The molecule has 178 valence electrons. The van der Waals surface area contributed by atoms with Crippen LogP contribution < -0.4 is 16.0 Å². The van der Waals surface area contributed by atoms with Crippen LogP contribution in [0.25, 0.3) is 10.9 Å². The molecule has 2 aromatic carbocycles. The molecule has 0 saturated carbocycles. The number of hydrogen-bond donors (Lipinski definition) is 4. The maximum Gasteiger partial charge on any atom is 0.408 e. The molecule has 3 amide bonds. The summed E-state index contributed by atoms with van der Waals surface area (Å²) >= 11 is 6.05. The lowest BCUT2D eigenvalue weighted by molar-refractivity contribution is -0.121. The van der Waals surface area contributed by atoms with Crippen molar-refractivity contribution in [3.05, 3.63) is 70.4 Å². The van der Waals surface area contributed by atoms with Gasteiger partial charge in [0.1, 0.15) is 17.8 Å². The standard InChI is InChI=1S/C25H27ClN4O4/c1-25(2,3)34-24(33)27-13-21(31)30-22-17-7-5-4-6-14(17)11-19(22)29-23(32)20-12-15-10-16(26)8-9-18(15)28-20/h4-10,12,19,22,28H,11,13H2,1-3H3,(H,27,33)(H,29,32)(H,30,31)/t19?,22-/m1/s1. The molecule has 1 aliphatic carbocycles. The number of fused-ring (bicyclic) bond motifs is 2. The fraction of sp³-hybridized carbons (Fsp3) is 0.320. The number of amides is 3. The molecule has 0 bridgehead atoms. The smallest absolute Gasteiger partial charge is 0.408 e. The molecule has 0 aliphatic heterocycles. The fourth-order valence-electron chi connectivity index (χ4n) is 4.07. The Hall–Kier alpha value is -3.52. The molecule has 9 heteroatoms. The van der Waals surface area contributed by atoms with Crippen LogP contribution in [-0.4, -0.2) is 41.1 Å². The first kappa shape index (κ1) is 23.6. The molecular weight excluding hydrogens is 456 g/mol. The van der Waals surface area contributed by atoms with Crippen LogP contribution in [0.4, 0.5) is 4.79 Å². The van der Waals surface area contributed by atoms with Gasteiger partial charge < -0.3 is 25.7 Å². The van der Waals surface area contributed by atoms with Crippen molar-refractivity contribution in [1.82, 2.24) is 20.9 Å². The Morgan fingerprint density at radius 2 is 1.85 bits per heavy atom. The van der Waals surface area contributed by atoms with Gasteiger partial charge in [-0.2, -0.15) is 0 Å².